The average Bonchev–Trinajstić information content (AvgIpc) is 2.66. The molecule has 1 aliphatic rings. The monoisotopic (exact) mass is 164 g/mol. The SMILES string of the molecule is CCS(=O)(=O)C1CC1CO. The van der Waals surface area contributed by atoms with Crippen molar-refractivity contribution < 1.29 is 13.5 Å². The van der Waals surface area contributed by atoms with Crippen molar-refractivity contribution in [1.82, 2.24) is 0 Å². The fourth-order valence-electron chi connectivity index (χ4n) is 1.07. The van der Waals surface area contributed by atoms with Crippen LogP contribution in [0.3, 0.4) is 0 Å². The molecule has 0 amide bonds. The molecule has 1 aliphatic carbocycles. The first-order chi connectivity index (χ1) is 4.61. The van der Waals surface area contributed by atoms with E-state index in [1.54, 1.807) is 6.92 Å². The van der Waals surface area contributed by atoms with E-state index in [1.165, 1.54) is 0 Å². The van der Waals surface area contributed by atoms with Crippen molar-refractivity contribution in [2.75, 3.05) is 12.4 Å². The molecule has 3 nitrogen and oxygen atoms in total. The minimum atomic E-state index is -2.85. The molecule has 0 heterocycles. The summed E-state index contributed by atoms with van der Waals surface area (Å²) in [5, 5.41) is 8.34. The van der Waals surface area contributed by atoms with Crippen molar-refractivity contribution in [3.05, 3.63) is 0 Å². The maximum Gasteiger partial charge on any atom is 0.153 e. The molecule has 0 radical (unpaired) electrons. The van der Waals surface area contributed by atoms with Crippen LogP contribution in [0.25, 0.3) is 0 Å². The summed E-state index contributed by atoms with van der Waals surface area (Å²) in [4.78, 5) is 0. The second kappa shape index (κ2) is 2.51. The van der Waals surface area contributed by atoms with Gasteiger partial charge >= 0.3 is 0 Å². The molecule has 0 aromatic carbocycles. The molecule has 0 aliphatic heterocycles. The van der Waals surface area contributed by atoms with Gasteiger partial charge in [0, 0.05) is 12.4 Å². The van der Waals surface area contributed by atoms with Gasteiger partial charge in [-0.1, -0.05) is 6.92 Å². The van der Waals surface area contributed by atoms with Gasteiger partial charge in [-0.05, 0) is 12.3 Å². The fraction of sp³-hybridized carbons (Fsp3) is 1.00. The second-order valence-electron chi connectivity index (χ2n) is 2.67. The lowest BCUT2D eigenvalue weighted by atomic mass is 10.5. The Morgan fingerprint density at radius 1 is 1.60 bits per heavy atom. The first kappa shape index (κ1) is 8.01. The molecule has 0 bridgehead atoms. The minimum Gasteiger partial charge on any atom is -0.396 e. The quantitative estimate of drug-likeness (QED) is 0.628. The molecule has 60 valence electrons. The van der Waals surface area contributed by atoms with E-state index in [-0.39, 0.29) is 23.5 Å². The molecule has 0 saturated heterocycles. The molecule has 1 saturated carbocycles. The van der Waals surface area contributed by atoms with Crippen LogP contribution in [0.4, 0.5) is 0 Å². The van der Waals surface area contributed by atoms with Gasteiger partial charge in [-0.15, -0.1) is 0 Å². The van der Waals surface area contributed by atoms with Gasteiger partial charge in [-0.25, -0.2) is 8.42 Å². The summed E-state index contributed by atoms with van der Waals surface area (Å²) in [5.41, 5.74) is 0. The highest BCUT2D eigenvalue weighted by Gasteiger charge is 2.45. The van der Waals surface area contributed by atoms with Crippen LogP contribution in [0.15, 0.2) is 0 Å². The first-order valence-corrected chi connectivity index (χ1v) is 5.15. The molecule has 1 fully saturated rings. The van der Waals surface area contributed by atoms with E-state index >= 15 is 0 Å². The first-order valence-electron chi connectivity index (χ1n) is 3.44. The second-order valence-corrected chi connectivity index (χ2v) is 5.18. The van der Waals surface area contributed by atoms with E-state index in [0.29, 0.717) is 6.42 Å². The van der Waals surface area contributed by atoms with Crippen molar-refractivity contribution in [3.8, 4) is 0 Å². The number of rotatable bonds is 3. The Kier molecular flexibility index (Phi) is 2.01. The summed E-state index contributed by atoms with van der Waals surface area (Å²) in [6.07, 6.45) is 0.659. The van der Waals surface area contributed by atoms with Crippen molar-refractivity contribution >= 4 is 9.84 Å². The highest BCUT2D eigenvalue weighted by Crippen LogP contribution is 2.36. The van der Waals surface area contributed by atoms with E-state index in [0.717, 1.165) is 0 Å². The number of sulfone groups is 1. The Balaban J connectivity index is 2.55. The number of aliphatic hydroxyl groups excluding tert-OH is 1. The van der Waals surface area contributed by atoms with Gasteiger partial charge in [0.15, 0.2) is 9.84 Å². The summed E-state index contributed by atoms with van der Waals surface area (Å²) in [6, 6.07) is 0. The fourth-order valence-corrected chi connectivity index (χ4v) is 2.71. The lowest BCUT2D eigenvalue weighted by Crippen LogP contribution is -2.12. The smallest absolute Gasteiger partial charge is 0.153 e. The lowest BCUT2D eigenvalue weighted by molar-refractivity contribution is 0.277. The van der Waals surface area contributed by atoms with Gasteiger partial charge in [-0.2, -0.15) is 0 Å². The number of hydrogen-bond donors (Lipinski definition) is 1. The lowest BCUT2D eigenvalue weighted by Gasteiger charge is -1.95. The van der Waals surface area contributed by atoms with Crippen molar-refractivity contribution in [3.63, 3.8) is 0 Å². The highest BCUT2D eigenvalue weighted by atomic mass is 32.2. The maximum atomic E-state index is 11.0. The molecule has 0 aromatic heterocycles. The zero-order chi connectivity index (χ0) is 7.78. The topological polar surface area (TPSA) is 54.4 Å². The maximum absolute atomic E-state index is 11.0. The molecule has 4 heteroatoms. The Bertz CT molecular complexity index is 207. The Morgan fingerprint density at radius 3 is 2.50 bits per heavy atom. The van der Waals surface area contributed by atoms with Crippen LogP contribution in [0.1, 0.15) is 13.3 Å². The van der Waals surface area contributed by atoms with Crippen molar-refractivity contribution in [2.24, 2.45) is 5.92 Å². The predicted molar refractivity (Wildman–Crippen MR) is 38.4 cm³/mol. The van der Waals surface area contributed by atoms with Crippen molar-refractivity contribution in [1.29, 1.82) is 0 Å². The number of hydrogen-bond acceptors (Lipinski definition) is 3. The standard InChI is InChI=1S/C6H12O3S/c1-2-10(8,9)6-3-5(6)4-7/h5-7H,2-4H2,1H3. The van der Waals surface area contributed by atoms with Crippen LogP contribution in [0.2, 0.25) is 0 Å². The molecule has 1 rings (SSSR count). The molecule has 1 N–H and O–H groups in total. The van der Waals surface area contributed by atoms with E-state index in [2.05, 4.69) is 0 Å². The summed E-state index contributed by atoms with van der Waals surface area (Å²) < 4.78 is 22.0. The van der Waals surface area contributed by atoms with Crippen LogP contribution >= 0.6 is 0 Å². The molecule has 0 aromatic rings. The van der Waals surface area contributed by atoms with Crippen LogP contribution in [0.5, 0.6) is 0 Å². The van der Waals surface area contributed by atoms with Crippen LogP contribution in [-0.2, 0) is 9.84 Å². The van der Waals surface area contributed by atoms with Crippen molar-refractivity contribution in [2.45, 2.75) is 18.6 Å². The summed E-state index contributed by atoms with van der Waals surface area (Å²) in [6.45, 7) is 1.66. The molecular formula is C6H12O3S. The van der Waals surface area contributed by atoms with Gasteiger partial charge in [-0.3, -0.25) is 0 Å². The molecule has 2 atom stereocenters. The van der Waals surface area contributed by atoms with Crippen LogP contribution < -0.4 is 0 Å². The molecule has 0 spiro atoms. The number of aliphatic hydroxyl groups is 1. The van der Waals surface area contributed by atoms with Crippen LogP contribution in [-0.4, -0.2) is 31.1 Å². The Labute approximate surface area is 61.0 Å². The normalized spacial score (nSPS) is 32.2. The third kappa shape index (κ3) is 1.32. The predicted octanol–water partition coefficient (Wildman–Crippen LogP) is -0.198. The molecule has 2 unspecified atom stereocenters. The summed E-state index contributed by atoms with van der Waals surface area (Å²) in [7, 11) is -2.85. The van der Waals surface area contributed by atoms with Gasteiger partial charge in [0.2, 0.25) is 0 Å². The van der Waals surface area contributed by atoms with E-state index in [1.807, 2.05) is 0 Å². The zero-order valence-corrected chi connectivity index (χ0v) is 6.76. The van der Waals surface area contributed by atoms with Gasteiger partial charge < -0.3 is 5.11 Å². The molecule has 10 heavy (non-hydrogen) atoms. The third-order valence-electron chi connectivity index (χ3n) is 1.96. The largest absolute Gasteiger partial charge is 0.396 e. The highest BCUT2D eigenvalue weighted by molar-refractivity contribution is 7.92. The van der Waals surface area contributed by atoms with E-state index < -0.39 is 9.84 Å². The van der Waals surface area contributed by atoms with Gasteiger partial charge in [0.05, 0.1) is 5.25 Å². The molecular weight excluding hydrogens is 152 g/mol. The Hall–Kier alpha value is -0.0900. The van der Waals surface area contributed by atoms with E-state index in [4.69, 9.17) is 5.11 Å². The third-order valence-corrected chi connectivity index (χ3v) is 4.26. The van der Waals surface area contributed by atoms with Crippen LogP contribution in [0, 0.1) is 5.92 Å². The summed E-state index contributed by atoms with van der Waals surface area (Å²) in [5.74, 6) is 0.235. The average molecular weight is 164 g/mol. The zero-order valence-electron chi connectivity index (χ0n) is 5.95. The summed E-state index contributed by atoms with van der Waals surface area (Å²) >= 11 is 0. The van der Waals surface area contributed by atoms with E-state index in [9.17, 15) is 8.42 Å². The van der Waals surface area contributed by atoms with Gasteiger partial charge in [0.25, 0.3) is 0 Å². The Morgan fingerprint density at radius 2 is 2.20 bits per heavy atom. The van der Waals surface area contributed by atoms with Gasteiger partial charge in [0.1, 0.15) is 0 Å². The minimum absolute atomic E-state index is 0.0178.